The molecule has 1 amide bonds. The number of nitrogens with two attached hydrogens (primary N) is 1. The van der Waals surface area contributed by atoms with E-state index in [1.807, 2.05) is 0 Å². The van der Waals surface area contributed by atoms with Crippen LogP contribution in [-0.2, 0) is 19.1 Å². The molecule has 7 nitrogen and oxygen atoms in total. The predicted molar refractivity (Wildman–Crippen MR) is 71.5 cm³/mol. The lowest BCUT2D eigenvalue weighted by atomic mass is 10.0. The van der Waals surface area contributed by atoms with Crippen molar-refractivity contribution >= 4 is 29.6 Å². The predicted octanol–water partition coefficient (Wildman–Crippen LogP) is -0.313. The fourth-order valence-electron chi connectivity index (χ4n) is 2.03. The van der Waals surface area contributed by atoms with Crippen LogP contribution in [0.4, 0.5) is 0 Å². The van der Waals surface area contributed by atoms with Crippen LogP contribution in [0, 0.1) is 0 Å². The summed E-state index contributed by atoms with van der Waals surface area (Å²) >= 11 is 1.37. The summed E-state index contributed by atoms with van der Waals surface area (Å²) in [5.41, 5.74) is 5.91. The van der Waals surface area contributed by atoms with Crippen molar-refractivity contribution in [2.24, 2.45) is 5.73 Å². The molecule has 0 bridgehead atoms. The van der Waals surface area contributed by atoms with Crippen molar-refractivity contribution in [3.63, 3.8) is 0 Å². The van der Waals surface area contributed by atoms with Gasteiger partial charge in [-0.25, -0.2) is 9.59 Å². The third kappa shape index (κ3) is 2.44. The number of hydrogen-bond donors (Lipinski definition) is 2. The molecule has 0 aromatic heterocycles. The molecule has 0 aliphatic carbocycles. The van der Waals surface area contributed by atoms with Gasteiger partial charge in [0.1, 0.15) is 17.1 Å². The summed E-state index contributed by atoms with van der Waals surface area (Å²) in [5, 5.41) is 8.91. The number of nitrogens with zero attached hydrogens (tertiary/aromatic N) is 1. The molecule has 2 aliphatic heterocycles. The van der Waals surface area contributed by atoms with Crippen molar-refractivity contribution in [1.29, 1.82) is 0 Å². The third-order valence-corrected chi connectivity index (χ3v) is 4.27. The maximum absolute atomic E-state index is 11.7. The Labute approximate surface area is 119 Å². The summed E-state index contributed by atoms with van der Waals surface area (Å²) in [6.07, 6.45) is 2.54. The van der Waals surface area contributed by atoms with E-state index in [-0.39, 0.29) is 17.7 Å². The van der Waals surface area contributed by atoms with Crippen molar-refractivity contribution in [2.75, 3.05) is 12.4 Å². The number of carboxylic acids is 1. The van der Waals surface area contributed by atoms with Gasteiger partial charge in [0.2, 0.25) is 5.91 Å². The second-order valence-corrected chi connectivity index (χ2v) is 5.30. The molecule has 2 aliphatic rings. The van der Waals surface area contributed by atoms with Gasteiger partial charge in [-0.2, -0.15) is 0 Å². The Balaban J connectivity index is 2.27. The number of rotatable bonds is 4. The topological polar surface area (TPSA) is 110 Å². The highest BCUT2D eigenvalue weighted by molar-refractivity contribution is 8.00. The Kier molecular flexibility index (Phi) is 4.15. The molecule has 2 atom stereocenters. The molecule has 1 fully saturated rings. The number of carbonyl (C=O) groups excluding carboxylic acids is 2. The van der Waals surface area contributed by atoms with Gasteiger partial charge in [-0.15, -0.1) is 11.8 Å². The van der Waals surface area contributed by atoms with Crippen LogP contribution in [0.25, 0.3) is 0 Å². The van der Waals surface area contributed by atoms with Crippen molar-refractivity contribution in [1.82, 2.24) is 4.90 Å². The SMILES string of the molecule is CCOC(=O)C=CC1=C(C(=O)O)N2C(=O)C(N)[C@@H]2SC1. The van der Waals surface area contributed by atoms with Gasteiger partial charge in [0, 0.05) is 11.8 Å². The molecule has 0 saturated carbocycles. The lowest BCUT2D eigenvalue weighted by Crippen LogP contribution is -2.68. The van der Waals surface area contributed by atoms with E-state index in [9.17, 15) is 19.5 Å². The summed E-state index contributed by atoms with van der Waals surface area (Å²) in [7, 11) is 0. The van der Waals surface area contributed by atoms with E-state index in [1.165, 1.54) is 22.7 Å². The van der Waals surface area contributed by atoms with E-state index < -0.39 is 23.9 Å². The molecule has 3 N–H and O–H groups in total. The third-order valence-electron chi connectivity index (χ3n) is 2.95. The molecule has 0 spiro atoms. The lowest BCUT2D eigenvalue weighted by molar-refractivity contribution is -0.147. The lowest BCUT2D eigenvalue weighted by Gasteiger charge is -2.47. The standard InChI is InChI=1S/C12H14N2O5S/c1-2-19-7(15)4-3-6-5-20-11-8(13)10(16)14(11)9(6)12(17)18/h3-4,8,11H,2,5,13H2,1H3,(H,17,18)/t8?,11-/m0/s1. The van der Waals surface area contributed by atoms with Gasteiger partial charge >= 0.3 is 11.9 Å². The molecule has 2 heterocycles. The maximum Gasteiger partial charge on any atom is 0.352 e. The summed E-state index contributed by atoms with van der Waals surface area (Å²) in [4.78, 5) is 35.4. The van der Waals surface area contributed by atoms with E-state index in [4.69, 9.17) is 10.5 Å². The Morgan fingerprint density at radius 2 is 2.30 bits per heavy atom. The van der Waals surface area contributed by atoms with E-state index in [0.29, 0.717) is 11.3 Å². The van der Waals surface area contributed by atoms with Gasteiger partial charge in [-0.3, -0.25) is 9.69 Å². The van der Waals surface area contributed by atoms with Crippen LogP contribution in [0.1, 0.15) is 6.92 Å². The van der Waals surface area contributed by atoms with Gasteiger partial charge in [0.25, 0.3) is 0 Å². The summed E-state index contributed by atoms with van der Waals surface area (Å²) in [6.45, 7) is 1.92. The minimum Gasteiger partial charge on any atom is -0.477 e. The number of hydrogen-bond acceptors (Lipinski definition) is 6. The van der Waals surface area contributed by atoms with E-state index >= 15 is 0 Å². The number of amides is 1. The van der Waals surface area contributed by atoms with Crippen LogP contribution in [0.2, 0.25) is 0 Å². The summed E-state index contributed by atoms with van der Waals surface area (Å²) < 4.78 is 4.73. The van der Waals surface area contributed by atoms with E-state index in [1.54, 1.807) is 6.92 Å². The Bertz CT molecular complexity index is 528. The molecule has 0 aromatic carbocycles. The molecular formula is C12H14N2O5S. The second-order valence-electron chi connectivity index (χ2n) is 4.20. The molecule has 2 rings (SSSR count). The molecule has 20 heavy (non-hydrogen) atoms. The quantitative estimate of drug-likeness (QED) is 0.416. The van der Waals surface area contributed by atoms with Crippen LogP contribution in [0.3, 0.4) is 0 Å². The number of carbonyl (C=O) groups is 3. The van der Waals surface area contributed by atoms with Gasteiger partial charge in [0.05, 0.1) is 6.61 Å². The zero-order valence-corrected chi connectivity index (χ0v) is 11.6. The van der Waals surface area contributed by atoms with Crippen molar-refractivity contribution in [2.45, 2.75) is 18.3 Å². The molecule has 8 heteroatoms. The molecule has 1 saturated heterocycles. The maximum atomic E-state index is 11.7. The van der Waals surface area contributed by atoms with Crippen LogP contribution in [0.5, 0.6) is 0 Å². The molecule has 0 aromatic rings. The van der Waals surface area contributed by atoms with E-state index in [0.717, 1.165) is 6.08 Å². The molecule has 108 valence electrons. The Morgan fingerprint density at radius 1 is 1.60 bits per heavy atom. The zero-order valence-electron chi connectivity index (χ0n) is 10.7. The molecule has 1 unspecified atom stereocenters. The van der Waals surface area contributed by atoms with Crippen molar-refractivity contribution in [3.8, 4) is 0 Å². The van der Waals surface area contributed by atoms with Gasteiger partial charge in [0.15, 0.2) is 0 Å². The van der Waals surface area contributed by atoms with Crippen LogP contribution >= 0.6 is 11.8 Å². The number of allylic oxidation sites excluding steroid dienone is 1. The first-order chi connectivity index (χ1) is 9.47. The second kappa shape index (κ2) is 5.68. The molecule has 0 radical (unpaired) electrons. The first kappa shape index (κ1) is 14.6. The Hall–Kier alpha value is -1.80. The number of carboxylic acid groups (broad SMARTS) is 1. The monoisotopic (exact) mass is 298 g/mol. The fourth-order valence-corrected chi connectivity index (χ4v) is 3.29. The average molecular weight is 298 g/mol. The fraction of sp³-hybridized carbons (Fsp3) is 0.417. The Morgan fingerprint density at radius 3 is 2.90 bits per heavy atom. The molecular weight excluding hydrogens is 284 g/mol. The minimum atomic E-state index is -1.21. The zero-order chi connectivity index (χ0) is 14.9. The highest BCUT2D eigenvalue weighted by atomic mass is 32.2. The summed E-state index contributed by atoms with van der Waals surface area (Å²) in [5.74, 6) is -1.80. The first-order valence-electron chi connectivity index (χ1n) is 5.99. The van der Waals surface area contributed by atoms with Gasteiger partial charge in [-0.1, -0.05) is 0 Å². The number of ether oxygens (including phenoxy) is 1. The highest BCUT2D eigenvalue weighted by Crippen LogP contribution is 2.39. The smallest absolute Gasteiger partial charge is 0.352 e. The number of fused-ring (bicyclic) bond motifs is 1. The average Bonchev–Trinajstić information content (AvgIpc) is 2.43. The first-order valence-corrected chi connectivity index (χ1v) is 7.03. The van der Waals surface area contributed by atoms with Crippen LogP contribution in [-0.4, -0.2) is 51.6 Å². The minimum absolute atomic E-state index is 0.110. The highest BCUT2D eigenvalue weighted by Gasteiger charge is 2.51. The van der Waals surface area contributed by atoms with Gasteiger partial charge in [-0.05, 0) is 18.6 Å². The van der Waals surface area contributed by atoms with Crippen molar-refractivity contribution in [3.05, 3.63) is 23.4 Å². The number of esters is 1. The van der Waals surface area contributed by atoms with Crippen molar-refractivity contribution < 1.29 is 24.2 Å². The largest absolute Gasteiger partial charge is 0.477 e. The van der Waals surface area contributed by atoms with Crippen LogP contribution < -0.4 is 5.73 Å². The van der Waals surface area contributed by atoms with Crippen LogP contribution in [0.15, 0.2) is 23.4 Å². The number of β-lactam (4-membered cyclic amide) rings is 1. The van der Waals surface area contributed by atoms with Gasteiger partial charge < -0.3 is 15.6 Å². The number of thioether (sulfide) groups is 1. The van der Waals surface area contributed by atoms with E-state index in [2.05, 4.69) is 0 Å². The summed E-state index contributed by atoms with van der Waals surface area (Å²) in [6, 6.07) is -0.662. The number of aliphatic carboxylic acids is 1. The normalized spacial score (nSPS) is 25.5.